The lowest BCUT2D eigenvalue weighted by molar-refractivity contribution is 0.0953. The predicted molar refractivity (Wildman–Crippen MR) is 73.7 cm³/mol. The zero-order chi connectivity index (χ0) is 15.0. The maximum Gasteiger partial charge on any atom is 0.315 e. The molecule has 1 aromatic rings. The Bertz CT molecular complexity index is 538. The van der Waals surface area contributed by atoms with E-state index in [0.717, 1.165) is 0 Å². The van der Waals surface area contributed by atoms with Gasteiger partial charge in [-0.05, 0) is 24.6 Å². The SMILES string of the molecule is C#CCNC(=O)NCCNC(=O)c1ccc(C)c(F)c1. The van der Waals surface area contributed by atoms with Gasteiger partial charge in [0.2, 0.25) is 0 Å². The largest absolute Gasteiger partial charge is 0.350 e. The van der Waals surface area contributed by atoms with E-state index in [-0.39, 0.29) is 25.2 Å². The number of carbonyl (C=O) groups is 2. The van der Waals surface area contributed by atoms with Gasteiger partial charge in [-0.3, -0.25) is 4.79 Å². The van der Waals surface area contributed by atoms with E-state index in [2.05, 4.69) is 21.9 Å². The zero-order valence-electron chi connectivity index (χ0n) is 11.1. The van der Waals surface area contributed by atoms with E-state index in [0.29, 0.717) is 5.56 Å². The van der Waals surface area contributed by atoms with Gasteiger partial charge < -0.3 is 16.0 Å². The van der Waals surface area contributed by atoms with Gasteiger partial charge in [0.15, 0.2) is 0 Å². The van der Waals surface area contributed by atoms with Crippen molar-refractivity contribution in [3.63, 3.8) is 0 Å². The Morgan fingerprint density at radius 2 is 1.95 bits per heavy atom. The summed E-state index contributed by atoms with van der Waals surface area (Å²) in [5, 5.41) is 7.50. The summed E-state index contributed by atoms with van der Waals surface area (Å²) < 4.78 is 13.3. The molecule has 3 N–H and O–H groups in total. The molecule has 0 spiro atoms. The molecule has 0 aliphatic carbocycles. The van der Waals surface area contributed by atoms with Crippen LogP contribution in [0.4, 0.5) is 9.18 Å². The summed E-state index contributed by atoms with van der Waals surface area (Å²) in [5.74, 6) is 1.44. The average molecular weight is 277 g/mol. The number of hydrogen-bond donors (Lipinski definition) is 3. The van der Waals surface area contributed by atoms with Crippen molar-refractivity contribution in [3.05, 3.63) is 35.1 Å². The van der Waals surface area contributed by atoms with Gasteiger partial charge in [-0.2, -0.15) is 0 Å². The van der Waals surface area contributed by atoms with E-state index < -0.39 is 17.8 Å². The first-order chi connectivity index (χ1) is 9.54. The molecule has 0 fully saturated rings. The van der Waals surface area contributed by atoms with E-state index in [1.54, 1.807) is 13.0 Å². The van der Waals surface area contributed by atoms with Crippen LogP contribution in [-0.2, 0) is 0 Å². The highest BCUT2D eigenvalue weighted by molar-refractivity contribution is 5.94. The van der Waals surface area contributed by atoms with Crippen molar-refractivity contribution in [1.82, 2.24) is 16.0 Å². The van der Waals surface area contributed by atoms with E-state index >= 15 is 0 Å². The summed E-state index contributed by atoms with van der Waals surface area (Å²) in [5.41, 5.74) is 0.721. The summed E-state index contributed by atoms with van der Waals surface area (Å²) in [6.45, 7) is 2.24. The van der Waals surface area contributed by atoms with Gasteiger partial charge in [0.1, 0.15) is 5.82 Å². The Morgan fingerprint density at radius 3 is 2.60 bits per heavy atom. The highest BCUT2D eigenvalue weighted by Gasteiger charge is 2.07. The van der Waals surface area contributed by atoms with Gasteiger partial charge in [0.25, 0.3) is 5.91 Å². The molecular formula is C14H16FN3O2. The second-order valence-electron chi connectivity index (χ2n) is 4.03. The van der Waals surface area contributed by atoms with Gasteiger partial charge in [-0.25, -0.2) is 9.18 Å². The van der Waals surface area contributed by atoms with Crippen molar-refractivity contribution < 1.29 is 14.0 Å². The Labute approximate surface area is 116 Å². The molecule has 0 bridgehead atoms. The van der Waals surface area contributed by atoms with Crippen LogP contribution in [0, 0.1) is 25.1 Å². The number of benzene rings is 1. The molecule has 0 saturated heterocycles. The van der Waals surface area contributed by atoms with Crippen LogP contribution in [0.1, 0.15) is 15.9 Å². The minimum Gasteiger partial charge on any atom is -0.350 e. The van der Waals surface area contributed by atoms with Crippen LogP contribution in [0.2, 0.25) is 0 Å². The fourth-order valence-electron chi connectivity index (χ4n) is 1.38. The summed E-state index contributed by atoms with van der Waals surface area (Å²) in [6.07, 6.45) is 4.98. The van der Waals surface area contributed by atoms with Crippen LogP contribution >= 0.6 is 0 Å². The number of urea groups is 1. The van der Waals surface area contributed by atoms with Crippen LogP contribution in [-0.4, -0.2) is 31.6 Å². The topological polar surface area (TPSA) is 70.2 Å². The number of rotatable bonds is 5. The maximum absolute atomic E-state index is 13.3. The van der Waals surface area contributed by atoms with Crippen LogP contribution < -0.4 is 16.0 Å². The minimum atomic E-state index is -0.426. The van der Waals surface area contributed by atoms with Gasteiger partial charge in [0.05, 0.1) is 6.54 Å². The molecule has 0 radical (unpaired) electrons. The van der Waals surface area contributed by atoms with Crippen LogP contribution in [0.15, 0.2) is 18.2 Å². The Balaban J connectivity index is 2.31. The van der Waals surface area contributed by atoms with Crippen molar-refractivity contribution in [2.24, 2.45) is 0 Å². The number of nitrogens with one attached hydrogen (secondary N) is 3. The van der Waals surface area contributed by atoms with Crippen molar-refractivity contribution in [2.45, 2.75) is 6.92 Å². The van der Waals surface area contributed by atoms with Crippen LogP contribution in [0.25, 0.3) is 0 Å². The molecule has 106 valence electrons. The molecule has 0 aliphatic rings. The molecule has 6 heteroatoms. The smallest absolute Gasteiger partial charge is 0.315 e. The molecule has 5 nitrogen and oxygen atoms in total. The third kappa shape index (κ3) is 4.98. The zero-order valence-corrected chi connectivity index (χ0v) is 11.1. The number of carbonyl (C=O) groups excluding carboxylic acids is 2. The van der Waals surface area contributed by atoms with Crippen LogP contribution in [0.3, 0.4) is 0 Å². The minimum absolute atomic E-state index is 0.140. The lowest BCUT2D eigenvalue weighted by atomic mass is 10.1. The highest BCUT2D eigenvalue weighted by atomic mass is 19.1. The number of halogens is 1. The second kappa shape index (κ2) is 7.79. The molecule has 0 heterocycles. The molecule has 1 aromatic carbocycles. The predicted octanol–water partition coefficient (Wildman–Crippen LogP) is 0.796. The fraction of sp³-hybridized carbons (Fsp3) is 0.286. The second-order valence-corrected chi connectivity index (χ2v) is 4.03. The summed E-state index contributed by atoms with van der Waals surface area (Å²) in [6, 6.07) is 3.85. The lowest BCUT2D eigenvalue weighted by Crippen LogP contribution is -2.40. The van der Waals surface area contributed by atoms with Gasteiger partial charge >= 0.3 is 6.03 Å². The highest BCUT2D eigenvalue weighted by Crippen LogP contribution is 2.08. The van der Waals surface area contributed by atoms with Crippen molar-refractivity contribution in [1.29, 1.82) is 0 Å². The first-order valence-electron chi connectivity index (χ1n) is 6.04. The van der Waals surface area contributed by atoms with E-state index in [9.17, 15) is 14.0 Å². The molecule has 0 atom stereocenters. The van der Waals surface area contributed by atoms with E-state index in [1.165, 1.54) is 12.1 Å². The first kappa shape index (κ1) is 15.5. The summed E-state index contributed by atoms with van der Waals surface area (Å²) in [7, 11) is 0. The molecule has 0 unspecified atom stereocenters. The summed E-state index contributed by atoms with van der Waals surface area (Å²) in [4.78, 5) is 22.8. The number of hydrogen-bond acceptors (Lipinski definition) is 2. The van der Waals surface area contributed by atoms with E-state index in [4.69, 9.17) is 6.42 Å². The monoisotopic (exact) mass is 277 g/mol. The summed E-state index contributed by atoms with van der Waals surface area (Å²) >= 11 is 0. The van der Waals surface area contributed by atoms with Crippen molar-refractivity contribution >= 4 is 11.9 Å². The molecule has 1 rings (SSSR count). The Hall–Kier alpha value is -2.55. The first-order valence-corrected chi connectivity index (χ1v) is 6.04. The third-order valence-electron chi connectivity index (χ3n) is 2.48. The Kier molecular flexibility index (Phi) is 6.04. The fourth-order valence-corrected chi connectivity index (χ4v) is 1.38. The molecule has 20 heavy (non-hydrogen) atoms. The van der Waals surface area contributed by atoms with Gasteiger partial charge in [-0.15, -0.1) is 6.42 Å². The van der Waals surface area contributed by atoms with Gasteiger partial charge in [-0.1, -0.05) is 12.0 Å². The number of terminal acetylenes is 1. The van der Waals surface area contributed by atoms with E-state index in [1.807, 2.05) is 0 Å². The van der Waals surface area contributed by atoms with Crippen molar-refractivity contribution in [3.8, 4) is 12.3 Å². The van der Waals surface area contributed by atoms with Crippen LogP contribution in [0.5, 0.6) is 0 Å². The molecule has 0 saturated carbocycles. The van der Waals surface area contributed by atoms with Gasteiger partial charge in [0, 0.05) is 18.7 Å². The molecule has 3 amide bonds. The molecule has 0 aromatic heterocycles. The lowest BCUT2D eigenvalue weighted by Gasteiger charge is -2.08. The standard InChI is InChI=1S/C14H16FN3O2/c1-3-6-17-14(20)18-8-7-16-13(19)11-5-4-10(2)12(15)9-11/h1,4-5,9H,6-8H2,2H3,(H,16,19)(H2,17,18,20). The normalized spacial score (nSPS) is 9.45. The number of amides is 3. The molecular weight excluding hydrogens is 261 g/mol. The van der Waals surface area contributed by atoms with Crippen molar-refractivity contribution in [2.75, 3.05) is 19.6 Å². The quantitative estimate of drug-likeness (QED) is 0.550. The number of aryl methyl sites for hydroxylation is 1. The maximum atomic E-state index is 13.3. The molecule has 0 aliphatic heterocycles. The third-order valence-corrected chi connectivity index (χ3v) is 2.48. The Morgan fingerprint density at radius 1 is 1.25 bits per heavy atom. The average Bonchev–Trinajstić information content (AvgIpc) is 2.44.